The van der Waals surface area contributed by atoms with E-state index in [4.69, 9.17) is 5.73 Å². The van der Waals surface area contributed by atoms with Gasteiger partial charge in [0.05, 0.1) is 5.69 Å². The SMILES string of the molecule is NC(=O)c1cc(-c2ccc(Br)cc2F)n[nH]1. The van der Waals surface area contributed by atoms with E-state index in [-0.39, 0.29) is 5.69 Å². The second-order valence-corrected chi connectivity index (χ2v) is 4.07. The molecule has 4 nitrogen and oxygen atoms in total. The van der Waals surface area contributed by atoms with Crippen LogP contribution >= 0.6 is 15.9 Å². The second kappa shape index (κ2) is 4.05. The van der Waals surface area contributed by atoms with Gasteiger partial charge in [-0.05, 0) is 24.3 Å². The molecule has 0 atom stereocenters. The molecule has 0 fully saturated rings. The number of benzene rings is 1. The molecule has 1 aromatic carbocycles. The van der Waals surface area contributed by atoms with Crippen LogP contribution in [-0.4, -0.2) is 16.1 Å². The van der Waals surface area contributed by atoms with Crippen molar-refractivity contribution >= 4 is 21.8 Å². The Morgan fingerprint density at radius 2 is 2.19 bits per heavy atom. The fourth-order valence-electron chi connectivity index (χ4n) is 1.28. The van der Waals surface area contributed by atoms with Gasteiger partial charge >= 0.3 is 0 Å². The number of nitrogens with two attached hydrogens (primary N) is 1. The Bertz CT molecular complexity index is 553. The van der Waals surface area contributed by atoms with Crippen molar-refractivity contribution in [1.29, 1.82) is 0 Å². The summed E-state index contributed by atoms with van der Waals surface area (Å²) in [6.45, 7) is 0. The first-order valence-electron chi connectivity index (χ1n) is 4.38. The fourth-order valence-corrected chi connectivity index (χ4v) is 1.62. The molecule has 2 rings (SSSR count). The Morgan fingerprint density at radius 1 is 1.44 bits per heavy atom. The number of aromatic amines is 1. The molecule has 0 saturated carbocycles. The van der Waals surface area contributed by atoms with E-state index in [1.807, 2.05) is 0 Å². The highest BCUT2D eigenvalue weighted by molar-refractivity contribution is 9.10. The van der Waals surface area contributed by atoms with Crippen LogP contribution in [0.25, 0.3) is 11.3 Å². The minimum absolute atomic E-state index is 0.150. The minimum atomic E-state index is -0.628. The number of hydrogen-bond donors (Lipinski definition) is 2. The highest BCUT2D eigenvalue weighted by Crippen LogP contribution is 2.24. The summed E-state index contributed by atoms with van der Waals surface area (Å²) >= 11 is 3.15. The molecule has 3 N–H and O–H groups in total. The Balaban J connectivity index is 2.46. The molecular formula is C10H7BrFN3O. The van der Waals surface area contributed by atoms with Gasteiger partial charge in [0.15, 0.2) is 0 Å². The number of H-pyrrole nitrogens is 1. The maximum absolute atomic E-state index is 13.5. The highest BCUT2D eigenvalue weighted by atomic mass is 79.9. The fraction of sp³-hybridized carbons (Fsp3) is 0. The molecule has 1 amide bonds. The van der Waals surface area contributed by atoms with Crippen molar-refractivity contribution in [1.82, 2.24) is 10.2 Å². The van der Waals surface area contributed by atoms with Crippen molar-refractivity contribution < 1.29 is 9.18 Å². The van der Waals surface area contributed by atoms with Gasteiger partial charge in [-0.1, -0.05) is 15.9 Å². The first kappa shape index (κ1) is 10.8. The number of nitrogens with zero attached hydrogens (tertiary/aromatic N) is 1. The number of rotatable bonds is 2. The normalized spacial score (nSPS) is 10.4. The van der Waals surface area contributed by atoms with Gasteiger partial charge in [0, 0.05) is 10.0 Å². The smallest absolute Gasteiger partial charge is 0.266 e. The number of nitrogens with one attached hydrogen (secondary N) is 1. The van der Waals surface area contributed by atoms with E-state index < -0.39 is 11.7 Å². The lowest BCUT2D eigenvalue weighted by atomic mass is 10.1. The Labute approximate surface area is 98.8 Å². The van der Waals surface area contributed by atoms with Crippen LogP contribution in [0.3, 0.4) is 0 Å². The third-order valence-electron chi connectivity index (χ3n) is 2.05. The lowest BCUT2D eigenvalue weighted by Crippen LogP contribution is -2.10. The Hall–Kier alpha value is -1.69. The summed E-state index contributed by atoms with van der Waals surface area (Å²) in [6.07, 6.45) is 0. The van der Waals surface area contributed by atoms with Crippen LogP contribution in [0.4, 0.5) is 4.39 Å². The van der Waals surface area contributed by atoms with Crippen molar-refractivity contribution in [3.8, 4) is 11.3 Å². The van der Waals surface area contributed by atoms with Crippen LogP contribution in [0.1, 0.15) is 10.5 Å². The predicted octanol–water partition coefficient (Wildman–Crippen LogP) is 2.08. The van der Waals surface area contributed by atoms with Crippen LogP contribution in [0.15, 0.2) is 28.7 Å². The molecule has 0 saturated heterocycles. The van der Waals surface area contributed by atoms with Gasteiger partial charge in [0.1, 0.15) is 11.5 Å². The molecule has 16 heavy (non-hydrogen) atoms. The van der Waals surface area contributed by atoms with E-state index in [0.29, 0.717) is 15.7 Å². The molecule has 0 radical (unpaired) electrons. The van der Waals surface area contributed by atoms with Gasteiger partial charge in [-0.15, -0.1) is 0 Å². The molecule has 0 bridgehead atoms. The van der Waals surface area contributed by atoms with Crippen LogP contribution in [0.5, 0.6) is 0 Å². The summed E-state index contributed by atoms with van der Waals surface area (Å²) in [5.41, 5.74) is 5.86. The van der Waals surface area contributed by atoms with Gasteiger partial charge in [-0.25, -0.2) is 4.39 Å². The number of halogens is 2. The molecule has 6 heteroatoms. The van der Waals surface area contributed by atoms with Crippen molar-refractivity contribution in [2.75, 3.05) is 0 Å². The number of hydrogen-bond acceptors (Lipinski definition) is 2. The Kier molecular flexibility index (Phi) is 2.74. The zero-order chi connectivity index (χ0) is 11.7. The van der Waals surface area contributed by atoms with Gasteiger partial charge in [0.2, 0.25) is 0 Å². The zero-order valence-electron chi connectivity index (χ0n) is 8.00. The predicted molar refractivity (Wildman–Crippen MR) is 60.2 cm³/mol. The van der Waals surface area contributed by atoms with E-state index in [2.05, 4.69) is 26.1 Å². The molecule has 82 valence electrons. The average molecular weight is 284 g/mol. The summed E-state index contributed by atoms with van der Waals surface area (Å²) in [6, 6.07) is 6.00. The van der Waals surface area contributed by atoms with Crippen LogP contribution in [0.2, 0.25) is 0 Å². The highest BCUT2D eigenvalue weighted by Gasteiger charge is 2.11. The van der Waals surface area contributed by atoms with Gasteiger partial charge in [-0.2, -0.15) is 5.10 Å². The first-order valence-corrected chi connectivity index (χ1v) is 5.18. The lowest BCUT2D eigenvalue weighted by molar-refractivity contribution is 0.0995. The van der Waals surface area contributed by atoms with E-state index in [0.717, 1.165) is 0 Å². The van der Waals surface area contributed by atoms with E-state index in [1.54, 1.807) is 12.1 Å². The first-order chi connectivity index (χ1) is 7.58. The zero-order valence-corrected chi connectivity index (χ0v) is 9.58. The molecular weight excluding hydrogens is 277 g/mol. The minimum Gasteiger partial charge on any atom is -0.364 e. The quantitative estimate of drug-likeness (QED) is 0.886. The molecule has 1 heterocycles. The third-order valence-corrected chi connectivity index (χ3v) is 2.54. The molecule has 0 unspecified atom stereocenters. The summed E-state index contributed by atoms with van der Waals surface area (Å²) in [5, 5.41) is 6.26. The van der Waals surface area contributed by atoms with Crippen molar-refractivity contribution in [2.24, 2.45) is 5.73 Å². The molecule has 2 aromatic rings. The largest absolute Gasteiger partial charge is 0.364 e. The van der Waals surface area contributed by atoms with E-state index in [1.165, 1.54) is 12.1 Å². The summed E-state index contributed by atoms with van der Waals surface area (Å²) in [4.78, 5) is 10.8. The number of aromatic nitrogens is 2. The standard InChI is InChI=1S/C10H7BrFN3O/c11-5-1-2-6(7(12)3-5)8-4-9(10(13)16)15-14-8/h1-4H,(H2,13,16)(H,14,15). The number of amides is 1. The maximum Gasteiger partial charge on any atom is 0.266 e. The molecule has 1 aromatic heterocycles. The molecule has 0 aliphatic rings. The second-order valence-electron chi connectivity index (χ2n) is 3.16. The summed E-state index contributed by atoms with van der Waals surface area (Å²) in [7, 11) is 0. The van der Waals surface area contributed by atoms with Crippen molar-refractivity contribution in [2.45, 2.75) is 0 Å². The number of carbonyl (C=O) groups excluding carboxylic acids is 1. The maximum atomic E-state index is 13.5. The Morgan fingerprint density at radius 3 is 2.75 bits per heavy atom. The summed E-state index contributed by atoms with van der Waals surface area (Å²) in [5.74, 6) is -1.05. The molecule has 0 spiro atoms. The van der Waals surface area contributed by atoms with Gasteiger partial charge < -0.3 is 5.73 Å². The van der Waals surface area contributed by atoms with Gasteiger partial charge in [-0.3, -0.25) is 9.89 Å². The van der Waals surface area contributed by atoms with Crippen LogP contribution < -0.4 is 5.73 Å². The van der Waals surface area contributed by atoms with E-state index in [9.17, 15) is 9.18 Å². The molecule has 0 aliphatic heterocycles. The van der Waals surface area contributed by atoms with Crippen molar-refractivity contribution in [3.05, 3.63) is 40.2 Å². The average Bonchev–Trinajstić information content (AvgIpc) is 2.66. The van der Waals surface area contributed by atoms with Crippen LogP contribution in [-0.2, 0) is 0 Å². The van der Waals surface area contributed by atoms with Gasteiger partial charge in [0.25, 0.3) is 5.91 Å². The topological polar surface area (TPSA) is 71.8 Å². The number of carbonyl (C=O) groups is 1. The molecule has 0 aliphatic carbocycles. The monoisotopic (exact) mass is 283 g/mol. The third kappa shape index (κ3) is 1.96. The van der Waals surface area contributed by atoms with Crippen molar-refractivity contribution in [3.63, 3.8) is 0 Å². The van der Waals surface area contributed by atoms with Crippen LogP contribution in [0, 0.1) is 5.82 Å². The van der Waals surface area contributed by atoms with E-state index >= 15 is 0 Å². The number of primary amides is 1. The lowest BCUT2D eigenvalue weighted by Gasteiger charge is -1.98. The summed E-state index contributed by atoms with van der Waals surface area (Å²) < 4.78 is 14.2.